The molecule has 3 heterocycles. The largest absolute Gasteiger partial charge is 0.416 e. The Morgan fingerprint density at radius 2 is 1.84 bits per heavy atom. The zero-order valence-corrected chi connectivity index (χ0v) is 21.9. The summed E-state index contributed by atoms with van der Waals surface area (Å²) in [5.74, 6) is 0.396. The van der Waals surface area contributed by atoms with Gasteiger partial charge in [0.15, 0.2) is 0 Å². The van der Waals surface area contributed by atoms with Gasteiger partial charge in [-0.1, -0.05) is 11.6 Å². The number of carbonyl (C=O) groups excluding carboxylic acids is 1. The number of nitrogens with zero attached hydrogens (tertiary/aromatic N) is 5. The second-order valence-corrected chi connectivity index (χ2v) is 11.1. The molecule has 0 unspecified atom stereocenters. The van der Waals surface area contributed by atoms with Crippen molar-refractivity contribution < 1.29 is 18.0 Å². The number of hydrogen-bond donors (Lipinski definition) is 1. The fraction of sp³-hybridized carbons (Fsp3) is 0.615. The maximum absolute atomic E-state index is 13.3. The fourth-order valence-corrected chi connectivity index (χ4v) is 5.81. The number of anilines is 2. The lowest BCUT2D eigenvalue weighted by Crippen LogP contribution is -2.51. The lowest BCUT2D eigenvalue weighted by atomic mass is 9.76. The van der Waals surface area contributed by atoms with Crippen molar-refractivity contribution in [3.05, 3.63) is 41.2 Å². The number of rotatable bonds is 6. The summed E-state index contributed by atoms with van der Waals surface area (Å²) in [6.45, 7) is 7.65. The smallest absolute Gasteiger partial charge is 0.369 e. The van der Waals surface area contributed by atoms with Crippen LogP contribution in [0.2, 0.25) is 5.02 Å². The molecular formula is C26H34ClF3N6O. The van der Waals surface area contributed by atoms with Crippen LogP contribution in [0.15, 0.2) is 30.6 Å². The Hall–Kier alpha value is -2.30. The number of piperazine rings is 1. The topological polar surface area (TPSA) is 56.6 Å². The molecule has 3 fully saturated rings. The zero-order chi connectivity index (χ0) is 26.2. The van der Waals surface area contributed by atoms with Crippen molar-refractivity contribution in [2.45, 2.75) is 43.8 Å². The minimum absolute atomic E-state index is 0.141. The Labute approximate surface area is 220 Å². The van der Waals surface area contributed by atoms with Crippen LogP contribution in [0, 0.1) is 5.92 Å². The molecular weight excluding hydrogens is 505 g/mol. The molecule has 3 aliphatic rings. The minimum Gasteiger partial charge on any atom is -0.369 e. The molecule has 1 saturated carbocycles. The normalized spacial score (nSPS) is 21.6. The van der Waals surface area contributed by atoms with Crippen molar-refractivity contribution in [1.82, 2.24) is 19.6 Å². The number of aromatic nitrogens is 2. The van der Waals surface area contributed by atoms with Gasteiger partial charge < -0.3 is 20.0 Å². The van der Waals surface area contributed by atoms with Gasteiger partial charge >= 0.3 is 6.18 Å². The van der Waals surface area contributed by atoms with Crippen LogP contribution in [0.5, 0.6) is 0 Å². The van der Waals surface area contributed by atoms with Crippen molar-refractivity contribution >= 4 is 28.9 Å². The first kappa shape index (κ1) is 26.3. The monoisotopic (exact) mass is 538 g/mol. The molecule has 1 N–H and O–H groups in total. The highest BCUT2D eigenvalue weighted by Gasteiger charge is 2.47. The molecule has 1 aromatic heterocycles. The van der Waals surface area contributed by atoms with Crippen LogP contribution < -0.4 is 10.2 Å². The van der Waals surface area contributed by atoms with E-state index in [0.29, 0.717) is 18.8 Å². The van der Waals surface area contributed by atoms with E-state index < -0.39 is 17.3 Å². The van der Waals surface area contributed by atoms with Crippen LogP contribution in [-0.2, 0) is 16.5 Å². The highest BCUT2D eigenvalue weighted by atomic mass is 35.5. The van der Waals surface area contributed by atoms with Crippen molar-refractivity contribution in [2.75, 3.05) is 63.1 Å². The summed E-state index contributed by atoms with van der Waals surface area (Å²) in [5, 5.41) is 7.16. The van der Waals surface area contributed by atoms with Crippen LogP contribution in [0.3, 0.4) is 0 Å². The zero-order valence-electron chi connectivity index (χ0n) is 21.1. The predicted molar refractivity (Wildman–Crippen MR) is 138 cm³/mol. The third kappa shape index (κ3) is 5.61. The van der Waals surface area contributed by atoms with E-state index in [1.165, 1.54) is 6.07 Å². The molecule has 0 bridgehead atoms. The Kier molecular flexibility index (Phi) is 7.44. The molecule has 11 heteroatoms. The van der Waals surface area contributed by atoms with Gasteiger partial charge in [0.1, 0.15) is 5.54 Å². The Morgan fingerprint density at radius 3 is 2.43 bits per heavy atom. The summed E-state index contributed by atoms with van der Waals surface area (Å²) in [7, 11) is 2.18. The van der Waals surface area contributed by atoms with E-state index >= 15 is 0 Å². The van der Waals surface area contributed by atoms with Crippen LogP contribution in [0.4, 0.5) is 24.5 Å². The van der Waals surface area contributed by atoms with Crippen molar-refractivity contribution in [3.63, 3.8) is 0 Å². The number of halogens is 4. The standard InChI is InChI=1S/C26H34ClF3N6O/c1-33-11-13-34(14-12-33)17-19-5-9-35(10-6-19)21-16-31-36(18-21)25(7-2-8-25)24(37)32-23-4-3-20(15-22(23)27)26(28,29)30/h3-4,15-16,18-19H,2,5-14,17H2,1H3,(H,32,37). The molecule has 37 heavy (non-hydrogen) atoms. The number of nitrogens with one attached hydrogen (secondary N) is 1. The third-order valence-corrected chi connectivity index (χ3v) is 8.56. The maximum atomic E-state index is 13.3. The first-order valence-corrected chi connectivity index (χ1v) is 13.4. The number of alkyl halides is 3. The van der Waals surface area contributed by atoms with E-state index in [1.807, 2.05) is 12.4 Å². The summed E-state index contributed by atoms with van der Waals surface area (Å²) in [6.07, 6.45) is 3.64. The number of hydrogen-bond acceptors (Lipinski definition) is 5. The number of piperidine rings is 1. The Morgan fingerprint density at radius 1 is 1.14 bits per heavy atom. The highest BCUT2D eigenvalue weighted by Crippen LogP contribution is 2.42. The Bertz CT molecular complexity index is 1100. The second-order valence-electron chi connectivity index (χ2n) is 10.7. The maximum Gasteiger partial charge on any atom is 0.416 e. The van der Waals surface area contributed by atoms with Gasteiger partial charge in [0.25, 0.3) is 5.91 Å². The molecule has 0 spiro atoms. The second kappa shape index (κ2) is 10.5. The van der Waals surface area contributed by atoms with Crippen molar-refractivity contribution in [3.8, 4) is 0 Å². The van der Waals surface area contributed by atoms with E-state index in [0.717, 1.165) is 82.9 Å². The Balaban J connectivity index is 1.20. The first-order valence-electron chi connectivity index (χ1n) is 13.0. The lowest BCUT2D eigenvalue weighted by Gasteiger charge is -2.40. The van der Waals surface area contributed by atoms with E-state index in [-0.39, 0.29) is 16.6 Å². The fourth-order valence-electron chi connectivity index (χ4n) is 5.58. The number of benzene rings is 1. The molecule has 1 amide bonds. The summed E-state index contributed by atoms with van der Waals surface area (Å²) >= 11 is 6.07. The SMILES string of the molecule is CN1CCN(CC2CCN(c3cnn(C4(C(=O)Nc5ccc(C(F)(F)F)cc5Cl)CCC4)c3)CC2)CC1. The molecule has 2 aliphatic heterocycles. The van der Waals surface area contributed by atoms with Gasteiger partial charge in [-0.05, 0) is 63.3 Å². The van der Waals surface area contributed by atoms with E-state index in [1.54, 1.807) is 4.68 Å². The first-order chi connectivity index (χ1) is 17.6. The van der Waals surface area contributed by atoms with Gasteiger partial charge in [-0.15, -0.1) is 0 Å². The number of likely N-dealkylation sites (N-methyl/N-ethyl adjacent to an activating group) is 1. The van der Waals surface area contributed by atoms with Gasteiger partial charge in [-0.2, -0.15) is 18.3 Å². The van der Waals surface area contributed by atoms with E-state index in [4.69, 9.17) is 11.6 Å². The number of amides is 1. The third-order valence-electron chi connectivity index (χ3n) is 8.25. The average molecular weight is 539 g/mol. The lowest BCUT2D eigenvalue weighted by molar-refractivity contribution is -0.137. The molecule has 0 radical (unpaired) electrons. The van der Waals surface area contributed by atoms with Crippen molar-refractivity contribution in [1.29, 1.82) is 0 Å². The average Bonchev–Trinajstić information content (AvgIpc) is 3.31. The molecule has 2 aromatic rings. The summed E-state index contributed by atoms with van der Waals surface area (Å²) in [4.78, 5) is 20.6. The molecule has 1 aromatic carbocycles. The van der Waals surface area contributed by atoms with E-state index in [2.05, 4.69) is 32.2 Å². The summed E-state index contributed by atoms with van der Waals surface area (Å²) in [6, 6.07) is 2.97. The van der Waals surface area contributed by atoms with Crippen molar-refractivity contribution in [2.24, 2.45) is 5.92 Å². The van der Waals surface area contributed by atoms with Crippen LogP contribution >= 0.6 is 11.6 Å². The predicted octanol–water partition coefficient (Wildman–Crippen LogP) is 4.54. The van der Waals surface area contributed by atoms with Gasteiger partial charge in [-0.3, -0.25) is 9.48 Å². The van der Waals surface area contributed by atoms with Crippen LogP contribution in [0.25, 0.3) is 0 Å². The minimum atomic E-state index is -4.49. The number of carbonyl (C=O) groups is 1. The molecule has 2 saturated heterocycles. The summed E-state index contributed by atoms with van der Waals surface area (Å²) in [5.41, 5.74) is -0.535. The molecule has 1 aliphatic carbocycles. The quantitative estimate of drug-likeness (QED) is 0.585. The van der Waals surface area contributed by atoms with Gasteiger partial charge in [0.05, 0.1) is 28.2 Å². The molecule has 0 atom stereocenters. The molecule has 202 valence electrons. The molecule has 7 nitrogen and oxygen atoms in total. The van der Waals surface area contributed by atoms with Crippen LogP contribution in [-0.4, -0.2) is 78.3 Å². The summed E-state index contributed by atoms with van der Waals surface area (Å²) < 4.78 is 40.6. The van der Waals surface area contributed by atoms with Gasteiger partial charge in [0.2, 0.25) is 0 Å². The molecule has 5 rings (SSSR count). The van der Waals surface area contributed by atoms with Gasteiger partial charge in [-0.25, -0.2) is 0 Å². The van der Waals surface area contributed by atoms with E-state index in [9.17, 15) is 18.0 Å². The highest BCUT2D eigenvalue weighted by molar-refractivity contribution is 6.33. The van der Waals surface area contributed by atoms with Crippen LogP contribution in [0.1, 0.15) is 37.7 Å². The van der Waals surface area contributed by atoms with Gasteiger partial charge in [0, 0.05) is 52.0 Å².